The first kappa shape index (κ1) is 28.4. The van der Waals surface area contributed by atoms with Crippen molar-refractivity contribution in [2.45, 2.75) is 72.1 Å². The fraction of sp³-hybridized carbons (Fsp3) is 0.394. The second-order valence-electron chi connectivity index (χ2n) is 11.2. The van der Waals surface area contributed by atoms with Crippen LogP contribution in [0.4, 0.5) is 11.4 Å². The van der Waals surface area contributed by atoms with E-state index < -0.39 is 5.91 Å². The van der Waals surface area contributed by atoms with Crippen LogP contribution in [0.15, 0.2) is 72.8 Å². The Bertz CT molecular complexity index is 1250. The van der Waals surface area contributed by atoms with Gasteiger partial charge in [-0.3, -0.25) is 14.5 Å². The van der Waals surface area contributed by atoms with Gasteiger partial charge in [0.15, 0.2) is 0 Å². The van der Waals surface area contributed by atoms with Crippen molar-refractivity contribution in [2.24, 2.45) is 5.73 Å². The summed E-state index contributed by atoms with van der Waals surface area (Å²) in [4.78, 5) is 32.0. The SMILES string of the molecule is Cc1ccc(CN2CCC(N(c3ccc(C(=O)N(C(C)C)C(C)C)cc3)c3cccc(C(N)=O)c3)CC2)cc1. The van der Waals surface area contributed by atoms with Crippen molar-refractivity contribution in [3.63, 3.8) is 0 Å². The van der Waals surface area contributed by atoms with Crippen molar-refractivity contribution >= 4 is 23.2 Å². The number of amides is 2. The van der Waals surface area contributed by atoms with Crippen molar-refractivity contribution in [2.75, 3.05) is 18.0 Å². The Hall–Kier alpha value is -3.64. The highest BCUT2D eigenvalue weighted by molar-refractivity contribution is 5.95. The number of piperidine rings is 1. The van der Waals surface area contributed by atoms with Crippen LogP contribution >= 0.6 is 0 Å². The molecule has 0 aliphatic carbocycles. The predicted octanol–water partition coefficient (Wildman–Crippen LogP) is 6.16. The van der Waals surface area contributed by atoms with E-state index in [1.165, 1.54) is 11.1 Å². The normalized spacial score (nSPS) is 14.5. The molecule has 3 aromatic rings. The molecule has 1 saturated heterocycles. The van der Waals surface area contributed by atoms with Gasteiger partial charge in [-0.2, -0.15) is 0 Å². The molecule has 2 N–H and O–H groups in total. The number of hydrogen-bond donors (Lipinski definition) is 1. The van der Waals surface area contributed by atoms with Crippen LogP contribution in [0.25, 0.3) is 0 Å². The molecule has 0 bridgehead atoms. The van der Waals surface area contributed by atoms with E-state index in [0.717, 1.165) is 43.9 Å². The lowest BCUT2D eigenvalue weighted by Gasteiger charge is -2.40. The maximum Gasteiger partial charge on any atom is 0.254 e. The molecule has 0 spiro atoms. The Balaban J connectivity index is 1.58. The molecule has 1 aliphatic rings. The minimum atomic E-state index is -0.437. The zero-order valence-electron chi connectivity index (χ0n) is 23.9. The number of nitrogens with zero attached hydrogens (tertiary/aromatic N) is 3. The lowest BCUT2D eigenvalue weighted by Crippen LogP contribution is -2.43. The number of hydrogen-bond acceptors (Lipinski definition) is 4. The highest BCUT2D eigenvalue weighted by Gasteiger charge is 2.27. The van der Waals surface area contributed by atoms with Crippen molar-refractivity contribution in [3.8, 4) is 0 Å². The van der Waals surface area contributed by atoms with Gasteiger partial charge in [0, 0.05) is 60.3 Å². The van der Waals surface area contributed by atoms with E-state index in [-0.39, 0.29) is 24.0 Å². The highest BCUT2D eigenvalue weighted by Crippen LogP contribution is 2.33. The van der Waals surface area contributed by atoms with Gasteiger partial charge in [-0.05, 0) is 95.5 Å². The Kier molecular flexibility index (Phi) is 9.08. The van der Waals surface area contributed by atoms with E-state index in [9.17, 15) is 9.59 Å². The third-order valence-electron chi connectivity index (χ3n) is 7.60. The van der Waals surface area contributed by atoms with Crippen molar-refractivity contribution in [3.05, 3.63) is 95.1 Å². The number of carbonyl (C=O) groups excluding carboxylic acids is 2. The van der Waals surface area contributed by atoms with Crippen LogP contribution in [0, 0.1) is 6.92 Å². The Labute approximate surface area is 233 Å². The minimum absolute atomic E-state index is 0.0400. The maximum atomic E-state index is 13.3. The van der Waals surface area contributed by atoms with E-state index in [4.69, 9.17) is 5.73 Å². The molecule has 39 heavy (non-hydrogen) atoms. The van der Waals surface area contributed by atoms with Gasteiger partial charge >= 0.3 is 0 Å². The minimum Gasteiger partial charge on any atom is -0.366 e. The smallest absolute Gasteiger partial charge is 0.254 e. The molecule has 0 atom stereocenters. The molecule has 0 radical (unpaired) electrons. The summed E-state index contributed by atoms with van der Waals surface area (Å²) in [6.45, 7) is 13.2. The third kappa shape index (κ3) is 6.87. The largest absolute Gasteiger partial charge is 0.366 e. The topological polar surface area (TPSA) is 69.9 Å². The van der Waals surface area contributed by atoms with Crippen molar-refractivity contribution < 1.29 is 9.59 Å². The zero-order valence-corrected chi connectivity index (χ0v) is 23.9. The molecule has 2 amide bonds. The van der Waals surface area contributed by atoms with Gasteiger partial charge in [0.2, 0.25) is 5.91 Å². The van der Waals surface area contributed by atoms with E-state index in [1.807, 2.05) is 75.1 Å². The molecule has 206 valence electrons. The molecule has 1 fully saturated rings. The molecule has 0 aromatic heterocycles. The molecule has 6 nitrogen and oxygen atoms in total. The second-order valence-corrected chi connectivity index (χ2v) is 11.2. The van der Waals surface area contributed by atoms with E-state index in [1.54, 1.807) is 6.07 Å². The summed E-state index contributed by atoms with van der Waals surface area (Å²) in [5.41, 5.74) is 11.4. The summed E-state index contributed by atoms with van der Waals surface area (Å²) in [6, 6.07) is 24.7. The fourth-order valence-electron chi connectivity index (χ4n) is 5.65. The lowest BCUT2D eigenvalue weighted by molar-refractivity contribution is 0.0643. The maximum absolute atomic E-state index is 13.3. The molecule has 3 aromatic carbocycles. The number of aryl methyl sites for hydroxylation is 1. The summed E-state index contributed by atoms with van der Waals surface area (Å²) in [7, 11) is 0. The van der Waals surface area contributed by atoms with E-state index in [0.29, 0.717) is 11.1 Å². The zero-order chi connectivity index (χ0) is 28.1. The number of anilines is 2. The van der Waals surface area contributed by atoms with Gasteiger partial charge < -0.3 is 15.5 Å². The van der Waals surface area contributed by atoms with Gasteiger partial charge in [0.1, 0.15) is 0 Å². The summed E-state index contributed by atoms with van der Waals surface area (Å²) in [5, 5.41) is 0. The summed E-state index contributed by atoms with van der Waals surface area (Å²) < 4.78 is 0. The first-order valence-corrected chi connectivity index (χ1v) is 14.0. The number of nitrogens with two attached hydrogens (primary N) is 1. The monoisotopic (exact) mass is 526 g/mol. The highest BCUT2D eigenvalue weighted by atomic mass is 16.2. The van der Waals surface area contributed by atoms with Crippen LogP contribution in [0.3, 0.4) is 0 Å². The van der Waals surface area contributed by atoms with Gasteiger partial charge in [-0.25, -0.2) is 0 Å². The van der Waals surface area contributed by atoms with E-state index >= 15 is 0 Å². The molecule has 0 saturated carbocycles. The standard InChI is InChI=1S/C33H42N4O2/c1-23(2)36(24(3)4)33(39)27-13-15-29(16-14-27)37(31-8-6-7-28(21-31)32(34)38)30-17-19-35(20-18-30)22-26-11-9-25(5)10-12-26/h6-16,21,23-24,30H,17-20,22H2,1-5H3,(H2,34,38). The fourth-order valence-corrected chi connectivity index (χ4v) is 5.65. The summed E-state index contributed by atoms with van der Waals surface area (Å²) in [5.74, 6) is -0.397. The van der Waals surface area contributed by atoms with Crippen molar-refractivity contribution in [1.82, 2.24) is 9.80 Å². The van der Waals surface area contributed by atoms with Crippen LogP contribution in [-0.2, 0) is 6.54 Å². The quantitative estimate of drug-likeness (QED) is 0.363. The molecular formula is C33H42N4O2. The summed E-state index contributed by atoms with van der Waals surface area (Å²) in [6.07, 6.45) is 1.98. The first-order valence-electron chi connectivity index (χ1n) is 14.0. The molecule has 1 heterocycles. The lowest BCUT2D eigenvalue weighted by atomic mass is 9.99. The van der Waals surface area contributed by atoms with Crippen LogP contribution < -0.4 is 10.6 Å². The van der Waals surface area contributed by atoms with Crippen LogP contribution in [-0.4, -0.2) is 52.8 Å². The third-order valence-corrected chi connectivity index (χ3v) is 7.60. The number of rotatable bonds is 9. The Morgan fingerprint density at radius 3 is 2.03 bits per heavy atom. The average molecular weight is 527 g/mol. The van der Waals surface area contributed by atoms with Gasteiger partial charge in [0.25, 0.3) is 5.91 Å². The number of benzene rings is 3. The van der Waals surface area contributed by atoms with Gasteiger partial charge in [-0.15, -0.1) is 0 Å². The van der Waals surface area contributed by atoms with Gasteiger partial charge in [0.05, 0.1) is 0 Å². The molecule has 4 rings (SSSR count). The molecule has 1 aliphatic heterocycles. The molecule has 6 heteroatoms. The van der Waals surface area contributed by atoms with Crippen LogP contribution in [0.1, 0.15) is 72.4 Å². The van der Waals surface area contributed by atoms with Crippen LogP contribution in [0.5, 0.6) is 0 Å². The molecular weight excluding hydrogens is 484 g/mol. The Morgan fingerprint density at radius 1 is 0.846 bits per heavy atom. The van der Waals surface area contributed by atoms with Crippen LogP contribution in [0.2, 0.25) is 0 Å². The van der Waals surface area contributed by atoms with E-state index in [2.05, 4.69) is 41.0 Å². The number of likely N-dealkylation sites (tertiary alicyclic amines) is 1. The second kappa shape index (κ2) is 12.5. The number of primary amides is 1. The first-order chi connectivity index (χ1) is 18.6. The molecule has 0 unspecified atom stereocenters. The Morgan fingerprint density at radius 2 is 1.46 bits per heavy atom. The predicted molar refractivity (Wildman–Crippen MR) is 159 cm³/mol. The van der Waals surface area contributed by atoms with Crippen molar-refractivity contribution in [1.29, 1.82) is 0 Å². The number of carbonyl (C=O) groups is 2. The summed E-state index contributed by atoms with van der Waals surface area (Å²) >= 11 is 0. The van der Waals surface area contributed by atoms with Gasteiger partial charge in [-0.1, -0.05) is 35.9 Å². The average Bonchev–Trinajstić information content (AvgIpc) is 2.91.